The minimum absolute atomic E-state index is 0.212. The molecule has 202 valence electrons. The van der Waals surface area contributed by atoms with Crippen LogP contribution in [0.25, 0.3) is 54.6 Å². The molecule has 0 aliphatic heterocycles. The molecule has 0 aliphatic carbocycles. The molecule has 0 amide bonds. The van der Waals surface area contributed by atoms with Gasteiger partial charge in [0.2, 0.25) is 0 Å². The summed E-state index contributed by atoms with van der Waals surface area (Å²) in [5.74, 6) is 0. The first-order chi connectivity index (χ1) is 20.6. The topological polar surface area (TPSA) is 12.0 Å². The van der Waals surface area contributed by atoms with E-state index in [1.165, 1.54) is 71.4 Å². The Hall–Kier alpha value is -5.14. The van der Waals surface area contributed by atoms with E-state index in [1.54, 1.807) is 0 Å². The highest BCUT2D eigenvalue weighted by Gasteiger charge is 2.09. The largest absolute Gasteiger partial charge is 0.378 e. The minimum atomic E-state index is 0.212. The van der Waals surface area contributed by atoms with Crippen LogP contribution in [0.3, 0.4) is 0 Å². The minimum Gasteiger partial charge on any atom is -0.378 e. The van der Waals surface area contributed by atoms with Gasteiger partial charge >= 0.3 is 0 Å². The van der Waals surface area contributed by atoms with Crippen molar-refractivity contribution in [2.45, 2.75) is 19.9 Å². The van der Waals surface area contributed by atoms with Gasteiger partial charge in [-0.15, -0.1) is 0 Å². The molecule has 4 bridgehead atoms. The van der Waals surface area contributed by atoms with Gasteiger partial charge in [-0.05, 0) is 91.7 Å². The summed E-state index contributed by atoms with van der Waals surface area (Å²) in [5, 5.41) is 11.1. The van der Waals surface area contributed by atoms with Crippen LogP contribution >= 0.6 is 0 Å². The predicted octanol–water partition coefficient (Wildman–Crippen LogP) is 11.5. The molecule has 0 aromatic heterocycles. The summed E-state index contributed by atoms with van der Waals surface area (Å²) in [6.45, 7) is 4.36. The molecule has 0 aliphatic rings. The quantitative estimate of drug-likeness (QED) is 0.229. The van der Waals surface area contributed by atoms with E-state index < -0.39 is 0 Å². The maximum atomic E-state index is 3.66. The highest BCUT2D eigenvalue weighted by Crippen LogP contribution is 2.34. The second-order valence-electron chi connectivity index (χ2n) is 11.2. The van der Waals surface area contributed by atoms with Crippen LogP contribution in [0, 0.1) is 6.92 Å². The van der Waals surface area contributed by atoms with Crippen molar-refractivity contribution in [3.8, 4) is 22.3 Å². The van der Waals surface area contributed by atoms with E-state index in [0.29, 0.717) is 0 Å². The van der Waals surface area contributed by atoms with Gasteiger partial charge < -0.3 is 5.32 Å². The molecule has 8 rings (SSSR count). The Balaban J connectivity index is 1.30. The van der Waals surface area contributed by atoms with Gasteiger partial charge in [0, 0.05) is 11.7 Å². The van der Waals surface area contributed by atoms with Gasteiger partial charge in [0.05, 0.1) is 0 Å². The molecular formula is C41H33N. The number of hydrogen-bond acceptors (Lipinski definition) is 1. The van der Waals surface area contributed by atoms with Crippen molar-refractivity contribution in [2.24, 2.45) is 0 Å². The predicted molar refractivity (Wildman–Crippen MR) is 182 cm³/mol. The van der Waals surface area contributed by atoms with Crippen molar-refractivity contribution in [3.63, 3.8) is 0 Å². The van der Waals surface area contributed by atoms with Gasteiger partial charge in [-0.1, -0.05) is 140 Å². The fourth-order valence-electron chi connectivity index (χ4n) is 5.93. The summed E-state index contributed by atoms with van der Waals surface area (Å²) < 4.78 is 0. The zero-order valence-corrected chi connectivity index (χ0v) is 24.0. The molecule has 0 spiro atoms. The molecule has 1 atom stereocenters. The second-order valence-corrected chi connectivity index (χ2v) is 11.2. The first kappa shape index (κ1) is 25.8. The number of aryl methyl sites for hydroxylation is 1. The SMILES string of the molecule is Cc1ccccc1NC(C)c1ccc(-c2ccc3ccc4ccc(-c5ccc6ccccc6c5)c(cc3)c4cc2)cc1. The third-order valence-corrected chi connectivity index (χ3v) is 8.43. The Morgan fingerprint density at radius 3 is 1.90 bits per heavy atom. The average Bonchev–Trinajstić information content (AvgIpc) is 3.03. The molecule has 8 aromatic rings. The van der Waals surface area contributed by atoms with Crippen molar-refractivity contribution in [1.82, 2.24) is 0 Å². The number of para-hydroxylation sites is 1. The molecule has 1 heteroatoms. The van der Waals surface area contributed by atoms with Gasteiger partial charge in [-0.25, -0.2) is 0 Å². The van der Waals surface area contributed by atoms with Crippen LogP contribution in [0.4, 0.5) is 5.69 Å². The molecule has 8 aromatic carbocycles. The zero-order chi connectivity index (χ0) is 28.5. The van der Waals surface area contributed by atoms with E-state index in [0.717, 1.165) is 0 Å². The van der Waals surface area contributed by atoms with Gasteiger partial charge in [-0.2, -0.15) is 0 Å². The van der Waals surface area contributed by atoms with Crippen LogP contribution in [-0.2, 0) is 0 Å². The summed E-state index contributed by atoms with van der Waals surface area (Å²) >= 11 is 0. The molecule has 1 unspecified atom stereocenters. The Morgan fingerprint density at radius 2 is 1.07 bits per heavy atom. The smallest absolute Gasteiger partial charge is 0.0485 e. The normalized spacial score (nSPS) is 12.0. The monoisotopic (exact) mass is 539 g/mol. The van der Waals surface area contributed by atoms with Crippen molar-refractivity contribution in [2.75, 3.05) is 5.32 Å². The van der Waals surface area contributed by atoms with Crippen molar-refractivity contribution >= 4 is 38.0 Å². The van der Waals surface area contributed by atoms with Crippen molar-refractivity contribution in [3.05, 3.63) is 163 Å². The maximum Gasteiger partial charge on any atom is 0.0485 e. The van der Waals surface area contributed by atoms with E-state index in [9.17, 15) is 0 Å². The van der Waals surface area contributed by atoms with Crippen LogP contribution in [0.15, 0.2) is 152 Å². The molecule has 0 heterocycles. The number of fused-ring (bicyclic) bond motifs is 7. The second kappa shape index (κ2) is 11.0. The number of nitrogens with one attached hydrogen (secondary N) is 1. The zero-order valence-electron chi connectivity index (χ0n) is 24.0. The highest BCUT2D eigenvalue weighted by atomic mass is 14.9. The van der Waals surface area contributed by atoms with Crippen LogP contribution in [0.2, 0.25) is 0 Å². The molecule has 1 nitrogen and oxygen atoms in total. The maximum absolute atomic E-state index is 3.66. The van der Waals surface area contributed by atoms with Gasteiger partial charge in [0.1, 0.15) is 0 Å². The van der Waals surface area contributed by atoms with Gasteiger partial charge in [-0.3, -0.25) is 0 Å². The first-order valence-corrected chi connectivity index (χ1v) is 14.7. The third-order valence-electron chi connectivity index (χ3n) is 8.43. The lowest BCUT2D eigenvalue weighted by Crippen LogP contribution is -2.07. The molecule has 0 saturated carbocycles. The van der Waals surface area contributed by atoms with Crippen LogP contribution in [0.1, 0.15) is 24.1 Å². The lowest BCUT2D eigenvalue weighted by Gasteiger charge is -2.18. The average molecular weight is 540 g/mol. The lowest BCUT2D eigenvalue weighted by molar-refractivity contribution is 0.883. The molecule has 0 fully saturated rings. The Bertz CT molecular complexity index is 2090. The lowest BCUT2D eigenvalue weighted by atomic mass is 9.94. The van der Waals surface area contributed by atoms with Crippen LogP contribution in [0.5, 0.6) is 0 Å². The van der Waals surface area contributed by atoms with E-state index in [2.05, 4.69) is 171 Å². The van der Waals surface area contributed by atoms with Crippen LogP contribution in [-0.4, -0.2) is 0 Å². The third kappa shape index (κ3) is 5.06. The van der Waals surface area contributed by atoms with Crippen molar-refractivity contribution in [1.29, 1.82) is 0 Å². The summed E-state index contributed by atoms with van der Waals surface area (Å²) in [7, 11) is 0. The molecule has 1 N–H and O–H groups in total. The number of benzene rings is 5. The summed E-state index contributed by atoms with van der Waals surface area (Å²) in [4.78, 5) is 0. The number of rotatable bonds is 5. The summed E-state index contributed by atoms with van der Waals surface area (Å²) in [5.41, 5.74) is 8.59. The standard InChI is InChI=1S/C41H33N/c1-28-7-3-6-10-41(28)42-29(2)31-16-18-34(19-17-31)33-14-11-30-12-15-35-23-26-39(40(24-13-30)38(35)25-22-33)37-21-20-32-8-4-5-9-36(32)27-37/h3-27,29,42H,1-2H3. The van der Waals surface area contributed by atoms with Crippen LogP contribution < -0.4 is 5.32 Å². The number of anilines is 1. The fraction of sp³-hybridized carbons (Fsp3) is 0.0732. The van der Waals surface area contributed by atoms with E-state index in [1.807, 2.05) is 0 Å². The summed E-state index contributed by atoms with van der Waals surface area (Å²) in [6, 6.07) is 55.5. The summed E-state index contributed by atoms with van der Waals surface area (Å²) in [6.07, 6.45) is 0. The van der Waals surface area contributed by atoms with E-state index >= 15 is 0 Å². The Kier molecular flexibility index (Phi) is 6.78. The van der Waals surface area contributed by atoms with E-state index in [4.69, 9.17) is 0 Å². The molecular weight excluding hydrogens is 506 g/mol. The van der Waals surface area contributed by atoms with Gasteiger partial charge in [0.15, 0.2) is 0 Å². The Morgan fingerprint density at radius 1 is 0.476 bits per heavy atom. The molecule has 0 saturated heterocycles. The molecule has 42 heavy (non-hydrogen) atoms. The first-order valence-electron chi connectivity index (χ1n) is 14.7. The Labute approximate surface area is 247 Å². The van der Waals surface area contributed by atoms with E-state index in [-0.39, 0.29) is 6.04 Å². The number of hydrogen-bond donors (Lipinski definition) is 1. The molecule has 0 radical (unpaired) electrons. The highest BCUT2D eigenvalue weighted by molar-refractivity contribution is 6.07. The van der Waals surface area contributed by atoms with Gasteiger partial charge in [0.25, 0.3) is 0 Å². The van der Waals surface area contributed by atoms with Crippen molar-refractivity contribution < 1.29 is 0 Å². The fourth-order valence-corrected chi connectivity index (χ4v) is 5.93.